The van der Waals surface area contributed by atoms with Gasteiger partial charge in [-0.3, -0.25) is 4.79 Å². The minimum Gasteiger partial charge on any atom is -0.288 e. The van der Waals surface area contributed by atoms with Gasteiger partial charge >= 0.3 is 0 Å². The van der Waals surface area contributed by atoms with Crippen LogP contribution in [0.25, 0.3) is 0 Å². The van der Waals surface area contributed by atoms with Crippen molar-refractivity contribution in [1.29, 1.82) is 0 Å². The van der Waals surface area contributed by atoms with Gasteiger partial charge in [0.25, 0.3) is 10.0 Å². The molecule has 122 valence electrons. The molecule has 7 heteroatoms. The number of Topliss-reactive ketones (excluding diaryl/α,β-unsaturated/α-hetero) is 1. The number of hydrogen-bond donors (Lipinski definition) is 0. The zero-order chi connectivity index (χ0) is 17.5. The van der Waals surface area contributed by atoms with Crippen molar-refractivity contribution < 1.29 is 13.2 Å². The van der Waals surface area contributed by atoms with Gasteiger partial charge in [0.15, 0.2) is 0 Å². The van der Waals surface area contributed by atoms with Crippen molar-refractivity contribution in [3.05, 3.63) is 75.3 Å². The van der Waals surface area contributed by atoms with Crippen molar-refractivity contribution in [2.24, 2.45) is 4.40 Å². The SMILES string of the molecule is Cc1ccc(S(=O)(=O)/N=C2\C(Cl)=C(Cl)C(=O)c3ccccc32)cc1. The van der Waals surface area contributed by atoms with Crippen molar-refractivity contribution >= 4 is 44.7 Å². The van der Waals surface area contributed by atoms with E-state index in [0.717, 1.165) is 5.56 Å². The highest BCUT2D eigenvalue weighted by atomic mass is 35.5. The van der Waals surface area contributed by atoms with E-state index in [-0.39, 0.29) is 26.2 Å². The lowest BCUT2D eigenvalue weighted by atomic mass is 9.94. The summed E-state index contributed by atoms with van der Waals surface area (Å²) in [4.78, 5) is 12.2. The summed E-state index contributed by atoms with van der Waals surface area (Å²) in [5.41, 5.74) is 1.51. The first-order valence-corrected chi connectivity index (χ1v) is 9.12. The van der Waals surface area contributed by atoms with Crippen LogP contribution < -0.4 is 0 Å². The second kappa shape index (κ2) is 6.16. The van der Waals surface area contributed by atoms with E-state index in [1.54, 1.807) is 36.4 Å². The quantitative estimate of drug-likeness (QED) is 0.789. The minimum absolute atomic E-state index is 0.0301. The number of ketones is 1. The number of aryl methyl sites for hydroxylation is 1. The van der Waals surface area contributed by atoms with Crippen LogP contribution >= 0.6 is 23.2 Å². The summed E-state index contributed by atoms with van der Waals surface area (Å²) in [5, 5.41) is -0.413. The number of carbonyl (C=O) groups excluding carboxylic acids is 1. The lowest BCUT2D eigenvalue weighted by Crippen LogP contribution is -2.19. The molecule has 0 saturated carbocycles. The molecule has 0 aromatic heterocycles. The average molecular weight is 380 g/mol. The number of allylic oxidation sites excluding steroid dienone is 2. The summed E-state index contributed by atoms with van der Waals surface area (Å²) in [6.45, 7) is 1.85. The number of rotatable bonds is 2. The lowest BCUT2D eigenvalue weighted by molar-refractivity contribution is 0.104. The molecular weight excluding hydrogens is 369 g/mol. The van der Waals surface area contributed by atoms with E-state index in [2.05, 4.69) is 4.40 Å². The molecule has 1 aliphatic carbocycles. The van der Waals surface area contributed by atoms with Crippen molar-refractivity contribution in [3.8, 4) is 0 Å². The van der Waals surface area contributed by atoms with E-state index in [9.17, 15) is 13.2 Å². The Bertz CT molecular complexity index is 1010. The molecule has 0 bridgehead atoms. The molecule has 0 aliphatic heterocycles. The van der Waals surface area contributed by atoms with Crippen molar-refractivity contribution in [3.63, 3.8) is 0 Å². The largest absolute Gasteiger partial charge is 0.288 e. The van der Waals surface area contributed by atoms with Gasteiger partial charge in [-0.15, -0.1) is 0 Å². The molecule has 0 heterocycles. The van der Waals surface area contributed by atoms with Gasteiger partial charge in [-0.2, -0.15) is 12.8 Å². The highest BCUT2D eigenvalue weighted by Crippen LogP contribution is 2.32. The van der Waals surface area contributed by atoms with E-state index in [1.807, 2.05) is 6.92 Å². The van der Waals surface area contributed by atoms with Crippen molar-refractivity contribution in [2.45, 2.75) is 11.8 Å². The third kappa shape index (κ3) is 2.90. The van der Waals surface area contributed by atoms with Crippen molar-refractivity contribution in [1.82, 2.24) is 0 Å². The maximum absolute atomic E-state index is 12.6. The summed E-state index contributed by atoms with van der Waals surface area (Å²) < 4.78 is 29.0. The fourth-order valence-corrected chi connectivity index (χ4v) is 3.79. The van der Waals surface area contributed by atoms with Crippen LogP contribution in [0.2, 0.25) is 0 Å². The normalized spacial score (nSPS) is 16.5. The number of fused-ring (bicyclic) bond motifs is 1. The molecule has 3 rings (SSSR count). The fraction of sp³-hybridized carbons (Fsp3) is 0.0588. The molecule has 0 fully saturated rings. The highest BCUT2D eigenvalue weighted by molar-refractivity contribution is 7.90. The molecule has 2 aromatic rings. The number of hydrogen-bond acceptors (Lipinski definition) is 3. The van der Waals surface area contributed by atoms with Gasteiger partial charge in [0.05, 0.1) is 9.93 Å². The molecule has 0 spiro atoms. The molecule has 2 aromatic carbocycles. The Morgan fingerprint density at radius 3 is 2.08 bits per heavy atom. The fourth-order valence-electron chi connectivity index (χ4n) is 2.30. The van der Waals surface area contributed by atoms with E-state index in [4.69, 9.17) is 23.2 Å². The van der Waals surface area contributed by atoms with Gasteiger partial charge in [0.1, 0.15) is 10.7 Å². The lowest BCUT2D eigenvalue weighted by Gasteiger charge is -2.17. The molecule has 0 unspecified atom stereocenters. The van der Waals surface area contributed by atoms with Crippen LogP contribution in [0.5, 0.6) is 0 Å². The van der Waals surface area contributed by atoms with Crippen LogP contribution in [0.3, 0.4) is 0 Å². The van der Waals surface area contributed by atoms with Crippen molar-refractivity contribution in [2.75, 3.05) is 0 Å². The molecular formula is C17H11Cl2NO3S. The van der Waals surface area contributed by atoms with Gasteiger partial charge < -0.3 is 0 Å². The predicted molar refractivity (Wildman–Crippen MR) is 94.4 cm³/mol. The zero-order valence-corrected chi connectivity index (χ0v) is 14.8. The van der Waals surface area contributed by atoms with Crippen LogP contribution in [-0.2, 0) is 10.0 Å². The molecule has 0 radical (unpaired) electrons. The Labute approximate surface area is 149 Å². The number of carbonyl (C=O) groups is 1. The predicted octanol–water partition coefficient (Wildman–Crippen LogP) is 4.06. The summed E-state index contributed by atoms with van der Waals surface area (Å²) in [6, 6.07) is 12.8. The Balaban J connectivity index is 2.21. The smallest absolute Gasteiger partial charge is 0.282 e. The van der Waals surface area contributed by atoms with Gasteiger partial charge in [-0.1, -0.05) is 65.2 Å². The maximum Gasteiger partial charge on any atom is 0.282 e. The van der Waals surface area contributed by atoms with Gasteiger partial charge in [-0.25, -0.2) is 0 Å². The van der Waals surface area contributed by atoms with Gasteiger partial charge in [0, 0.05) is 11.1 Å². The molecule has 1 aliphatic rings. The molecule has 0 saturated heterocycles. The molecule has 4 nitrogen and oxygen atoms in total. The third-order valence-electron chi connectivity index (χ3n) is 3.56. The number of nitrogens with zero attached hydrogens (tertiary/aromatic N) is 1. The Morgan fingerprint density at radius 2 is 1.46 bits per heavy atom. The number of sulfonamides is 1. The van der Waals surface area contributed by atoms with Crippen LogP contribution in [0, 0.1) is 6.92 Å². The van der Waals surface area contributed by atoms with Crippen LogP contribution in [0.15, 0.2) is 67.9 Å². The summed E-state index contributed by atoms with van der Waals surface area (Å²) in [6.07, 6.45) is 0. The maximum atomic E-state index is 12.6. The Kier molecular flexibility index (Phi) is 4.34. The van der Waals surface area contributed by atoms with Crippen LogP contribution in [0.1, 0.15) is 21.5 Å². The second-order valence-corrected chi connectivity index (χ2v) is 7.59. The molecule has 0 N–H and O–H groups in total. The van der Waals surface area contributed by atoms with Crippen LogP contribution in [0.4, 0.5) is 0 Å². The second-order valence-electron chi connectivity index (χ2n) is 5.23. The third-order valence-corrected chi connectivity index (χ3v) is 5.67. The zero-order valence-electron chi connectivity index (χ0n) is 12.5. The molecule has 0 atom stereocenters. The standard InChI is InChI=1S/C17H11Cl2NO3S/c1-10-6-8-11(9-7-10)24(22,23)20-16-12-4-2-3-5-13(12)17(21)15(19)14(16)18/h2-9H,1H3/b20-16-. The minimum atomic E-state index is -3.99. The van der Waals surface area contributed by atoms with Gasteiger partial charge in [-0.05, 0) is 19.1 Å². The van der Waals surface area contributed by atoms with E-state index >= 15 is 0 Å². The number of benzene rings is 2. The number of halogens is 2. The first kappa shape index (κ1) is 16.9. The summed E-state index contributed by atoms with van der Waals surface area (Å²) in [7, 11) is -3.99. The van der Waals surface area contributed by atoms with Crippen LogP contribution in [-0.4, -0.2) is 19.9 Å². The first-order valence-electron chi connectivity index (χ1n) is 6.92. The Morgan fingerprint density at radius 1 is 0.875 bits per heavy atom. The highest BCUT2D eigenvalue weighted by Gasteiger charge is 2.30. The summed E-state index contributed by atoms with van der Waals surface area (Å²) in [5.74, 6) is -0.455. The molecule has 0 amide bonds. The average Bonchev–Trinajstić information content (AvgIpc) is 2.57. The topological polar surface area (TPSA) is 63.6 Å². The van der Waals surface area contributed by atoms with E-state index in [0.29, 0.717) is 5.56 Å². The first-order chi connectivity index (χ1) is 11.3. The van der Waals surface area contributed by atoms with E-state index in [1.165, 1.54) is 12.1 Å². The van der Waals surface area contributed by atoms with E-state index < -0.39 is 15.8 Å². The monoisotopic (exact) mass is 379 g/mol. The molecule has 24 heavy (non-hydrogen) atoms. The summed E-state index contributed by atoms with van der Waals surface area (Å²) >= 11 is 12.1. The Hall–Kier alpha value is -1.95. The van der Waals surface area contributed by atoms with Gasteiger partial charge in [0.2, 0.25) is 5.78 Å².